The van der Waals surface area contributed by atoms with Crippen LogP contribution in [0.3, 0.4) is 0 Å². The Bertz CT molecular complexity index is 665. The molecule has 0 radical (unpaired) electrons. The number of carbonyl (C=O) groups excluding carboxylic acids is 1. The monoisotopic (exact) mass is 353 g/mol. The summed E-state index contributed by atoms with van der Waals surface area (Å²) in [6, 6.07) is 7.12. The molecule has 1 saturated carbocycles. The molecule has 1 atom stereocenters. The van der Waals surface area contributed by atoms with Crippen molar-refractivity contribution in [3.63, 3.8) is 0 Å². The van der Waals surface area contributed by atoms with E-state index < -0.39 is 15.1 Å². The number of nitrogens with zero attached hydrogens (tertiary/aromatic N) is 1. The second kappa shape index (κ2) is 8.01. The van der Waals surface area contributed by atoms with Crippen molar-refractivity contribution in [3.8, 4) is 5.75 Å². The van der Waals surface area contributed by atoms with Crippen LogP contribution in [-0.2, 0) is 20.4 Å². The van der Waals surface area contributed by atoms with E-state index in [4.69, 9.17) is 4.74 Å². The highest BCUT2D eigenvalue weighted by Gasteiger charge is 2.33. The van der Waals surface area contributed by atoms with E-state index in [-0.39, 0.29) is 17.7 Å². The van der Waals surface area contributed by atoms with Crippen LogP contribution in [-0.4, -0.2) is 44.7 Å². The normalized spacial score (nSPS) is 17.3. The van der Waals surface area contributed by atoms with Crippen LogP contribution in [0.4, 0.5) is 0 Å². The van der Waals surface area contributed by atoms with Gasteiger partial charge in [0, 0.05) is 13.1 Å². The molecule has 0 N–H and O–H groups in total. The quantitative estimate of drug-likeness (QED) is 0.789. The number of amides is 1. The second-order valence-corrected chi connectivity index (χ2v) is 8.86. The van der Waals surface area contributed by atoms with Crippen molar-refractivity contribution in [1.82, 2.24) is 4.90 Å². The Hall–Kier alpha value is -1.56. The van der Waals surface area contributed by atoms with Gasteiger partial charge in [0.25, 0.3) is 0 Å². The molecule has 134 valence electrons. The third-order valence-corrected chi connectivity index (χ3v) is 6.87. The van der Waals surface area contributed by atoms with Crippen molar-refractivity contribution in [2.24, 2.45) is 0 Å². The summed E-state index contributed by atoms with van der Waals surface area (Å²) in [5, 5.41) is -1.03. The number of carbonyl (C=O) groups is 1. The summed E-state index contributed by atoms with van der Waals surface area (Å²) < 4.78 is 30.4. The van der Waals surface area contributed by atoms with Crippen LogP contribution in [0, 0.1) is 0 Å². The van der Waals surface area contributed by atoms with Crippen LogP contribution in [0.15, 0.2) is 24.3 Å². The molecule has 1 aromatic rings. The molecule has 1 aliphatic carbocycles. The Kier molecular flexibility index (Phi) is 6.27. The first-order valence-corrected chi connectivity index (χ1v) is 10.2. The zero-order valence-corrected chi connectivity index (χ0v) is 15.5. The van der Waals surface area contributed by atoms with E-state index in [0.717, 1.165) is 25.7 Å². The third kappa shape index (κ3) is 4.50. The molecule has 1 aliphatic rings. The first-order chi connectivity index (χ1) is 11.3. The Morgan fingerprint density at radius 3 is 2.58 bits per heavy atom. The van der Waals surface area contributed by atoms with Crippen LogP contribution in [0.5, 0.6) is 5.75 Å². The number of ether oxygens (including phenoxy) is 1. The molecule has 1 fully saturated rings. The molecule has 24 heavy (non-hydrogen) atoms. The van der Waals surface area contributed by atoms with Gasteiger partial charge in [-0.2, -0.15) is 0 Å². The van der Waals surface area contributed by atoms with Gasteiger partial charge in [0.1, 0.15) is 11.0 Å². The van der Waals surface area contributed by atoms with Gasteiger partial charge in [0.05, 0.1) is 12.9 Å². The van der Waals surface area contributed by atoms with Crippen molar-refractivity contribution >= 4 is 15.7 Å². The number of rotatable bonds is 6. The number of benzene rings is 1. The molecule has 2 rings (SSSR count). The van der Waals surface area contributed by atoms with Gasteiger partial charge in [0.15, 0.2) is 9.84 Å². The standard InChI is InChI=1S/C18H27NO4S/c1-14(18(20)19(2)16-9-5-4-6-10-16)24(21,22)13-15-8-7-11-17(12-15)23-3/h7-8,11-12,14,16H,4-6,9-10,13H2,1-3H3. The van der Waals surface area contributed by atoms with Gasteiger partial charge in [-0.15, -0.1) is 0 Å². The average Bonchev–Trinajstić information content (AvgIpc) is 2.60. The average molecular weight is 353 g/mol. The third-order valence-electron chi connectivity index (χ3n) is 4.86. The first kappa shape index (κ1) is 18.8. The first-order valence-electron chi connectivity index (χ1n) is 8.46. The highest BCUT2D eigenvalue weighted by atomic mass is 32.2. The van der Waals surface area contributed by atoms with Gasteiger partial charge in [0.2, 0.25) is 5.91 Å². The van der Waals surface area contributed by atoms with Crippen molar-refractivity contribution in [3.05, 3.63) is 29.8 Å². The van der Waals surface area contributed by atoms with Gasteiger partial charge in [-0.1, -0.05) is 31.4 Å². The van der Waals surface area contributed by atoms with Crippen molar-refractivity contribution in [1.29, 1.82) is 0 Å². The molecule has 5 nitrogen and oxygen atoms in total. The SMILES string of the molecule is COc1cccc(CS(=O)(=O)C(C)C(=O)N(C)C2CCCCC2)c1. The summed E-state index contributed by atoms with van der Waals surface area (Å²) in [7, 11) is -0.295. The smallest absolute Gasteiger partial charge is 0.240 e. The highest BCUT2D eigenvalue weighted by Crippen LogP contribution is 2.24. The maximum atomic E-state index is 12.6. The Morgan fingerprint density at radius 1 is 1.29 bits per heavy atom. The molecule has 0 spiro atoms. The molecule has 1 aromatic carbocycles. The summed E-state index contributed by atoms with van der Waals surface area (Å²) in [4.78, 5) is 14.3. The van der Waals surface area contributed by atoms with E-state index in [0.29, 0.717) is 11.3 Å². The molecule has 0 bridgehead atoms. The van der Waals surface area contributed by atoms with E-state index in [2.05, 4.69) is 0 Å². The number of hydrogen-bond acceptors (Lipinski definition) is 4. The molecule has 6 heteroatoms. The largest absolute Gasteiger partial charge is 0.497 e. The highest BCUT2D eigenvalue weighted by molar-refractivity contribution is 7.92. The number of methoxy groups -OCH3 is 1. The summed E-state index contributed by atoms with van der Waals surface area (Å²) in [5.74, 6) is 0.154. The molecule has 0 aliphatic heterocycles. The molecule has 0 aromatic heterocycles. The minimum atomic E-state index is -3.57. The Balaban J connectivity index is 2.07. The zero-order valence-electron chi connectivity index (χ0n) is 14.7. The summed E-state index contributed by atoms with van der Waals surface area (Å²) in [6.45, 7) is 1.50. The topological polar surface area (TPSA) is 63.7 Å². The lowest BCUT2D eigenvalue weighted by Crippen LogP contribution is -2.45. The summed E-state index contributed by atoms with van der Waals surface area (Å²) in [6.07, 6.45) is 5.33. The van der Waals surface area contributed by atoms with Crippen LogP contribution < -0.4 is 4.74 Å². The van der Waals surface area contributed by atoms with E-state index in [1.54, 1.807) is 43.3 Å². The van der Waals surface area contributed by atoms with Crippen LogP contribution in [0.2, 0.25) is 0 Å². The fourth-order valence-corrected chi connectivity index (χ4v) is 4.58. The predicted molar refractivity (Wildman–Crippen MR) is 94.7 cm³/mol. The summed E-state index contributed by atoms with van der Waals surface area (Å²) in [5.41, 5.74) is 0.634. The van der Waals surface area contributed by atoms with E-state index in [1.807, 2.05) is 0 Å². The van der Waals surface area contributed by atoms with Crippen LogP contribution >= 0.6 is 0 Å². The lowest BCUT2D eigenvalue weighted by molar-refractivity contribution is -0.131. The van der Waals surface area contributed by atoms with Crippen LogP contribution in [0.25, 0.3) is 0 Å². The summed E-state index contributed by atoms with van der Waals surface area (Å²) >= 11 is 0. The fraction of sp³-hybridized carbons (Fsp3) is 0.611. The van der Waals surface area contributed by atoms with Gasteiger partial charge in [-0.25, -0.2) is 8.42 Å². The molecule has 1 amide bonds. The van der Waals surface area contributed by atoms with E-state index in [9.17, 15) is 13.2 Å². The molecule has 1 unspecified atom stereocenters. The van der Waals surface area contributed by atoms with E-state index in [1.165, 1.54) is 13.3 Å². The minimum Gasteiger partial charge on any atom is -0.497 e. The maximum Gasteiger partial charge on any atom is 0.240 e. The van der Waals surface area contributed by atoms with Gasteiger partial charge in [-0.3, -0.25) is 4.79 Å². The molecular weight excluding hydrogens is 326 g/mol. The fourth-order valence-electron chi connectivity index (χ4n) is 3.21. The predicted octanol–water partition coefficient (Wildman–Crippen LogP) is 2.79. The Labute approximate surface area is 144 Å². The zero-order chi connectivity index (χ0) is 17.7. The van der Waals surface area contributed by atoms with Crippen LogP contribution in [0.1, 0.15) is 44.6 Å². The van der Waals surface area contributed by atoms with Crippen molar-refractivity contribution in [2.45, 2.75) is 56.1 Å². The number of sulfone groups is 1. The van der Waals surface area contributed by atoms with Crippen molar-refractivity contribution < 1.29 is 17.9 Å². The Morgan fingerprint density at radius 2 is 1.96 bits per heavy atom. The van der Waals surface area contributed by atoms with Gasteiger partial charge < -0.3 is 9.64 Å². The van der Waals surface area contributed by atoms with Gasteiger partial charge in [-0.05, 0) is 37.5 Å². The number of hydrogen-bond donors (Lipinski definition) is 0. The molecule has 0 heterocycles. The van der Waals surface area contributed by atoms with E-state index >= 15 is 0 Å². The maximum absolute atomic E-state index is 12.6. The van der Waals surface area contributed by atoms with Crippen molar-refractivity contribution in [2.75, 3.05) is 14.2 Å². The molecular formula is C18H27NO4S. The second-order valence-electron chi connectivity index (χ2n) is 6.54. The lowest BCUT2D eigenvalue weighted by atomic mass is 9.94. The minimum absolute atomic E-state index is 0.157. The molecule has 0 saturated heterocycles. The van der Waals surface area contributed by atoms with Gasteiger partial charge >= 0.3 is 0 Å². The lowest BCUT2D eigenvalue weighted by Gasteiger charge is -2.32.